The fraction of sp³-hybridized carbons (Fsp3) is 0.556. The van der Waals surface area contributed by atoms with Gasteiger partial charge in [0.15, 0.2) is 0 Å². The van der Waals surface area contributed by atoms with E-state index in [1.165, 1.54) is 25.7 Å². The highest BCUT2D eigenvalue weighted by molar-refractivity contribution is 6.30. The van der Waals surface area contributed by atoms with Gasteiger partial charge in [0.25, 0.3) is 0 Å². The van der Waals surface area contributed by atoms with Crippen molar-refractivity contribution in [3.05, 3.63) is 29.3 Å². The van der Waals surface area contributed by atoms with Crippen LogP contribution in [0.3, 0.4) is 0 Å². The Balaban J connectivity index is 1.60. The molecule has 0 bridgehead atoms. The Bertz CT molecular complexity index is 565. The standard InChI is InChI=1S/C18H23ClN2O2/c19-14-7-9-16(10-8-14)21-12-13(11-17(21)22)18(23)20-15-5-3-1-2-4-6-15/h7-10,13,15H,1-6,11-12H2,(H,20,23)/t13-/m1/s1. The summed E-state index contributed by atoms with van der Waals surface area (Å²) in [5.74, 6) is -0.212. The van der Waals surface area contributed by atoms with Gasteiger partial charge in [0.2, 0.25) is 11.8 Å². The van der Waals surface area contributed by atoms with Crippen LogP contribution >= 0.6 is 11.6 Å². The molecular formula is C18H23ClN2O2. The first-order valence-corrected chi connectivity index (χ1v) is 8.87. The molecule has 124 valence electrons. The molecule has 2 aliphatic rings. The lowest BCUT2D eigenvalue weighted by Gasteiger charge is -2.20. The second kappa shape index (κ2) is 7.35. The molecule has 3 rings (SSSR count). The SMILES string of the molecule is O=C(NC1CCCCCC1)[C@@H]1CC(=O)N(c2ccc(Cl)cc2)C1. The Kier molecular flexibility index (Phi) is 5.21. The molecule has 0 aromatic heterocycles. The first-order valence-electron chi connectivity index (χ1n) is 8.50. The van der Waals surface area contributed by atoms with Gasteiger partial charge in [-0.2, -0.15) is 0 Å². The van der Waals surface area contributed by atoms with Gasteiger partial charge in [-0.25, -0.2) is 0 Å². The quantitative estimate of drug-likeness (QED) is 0.860. The Hall–Kier alpha value is -1.55. The lowest BCUT2D eigenvalue weighted by atomic mass is 10.0. The van der Waals surface area contributed by atoms with Crippen LogP contribution in [0.2, 0.25) is 5.02 Å². The smallest absolute Gasteiger partial charge is 0.227 e. The highest BCUT2D eigenvalue weighted by atomic mass is 35.5. The molecule has 2 amide bonds. The molecule has 2 fully saturated rings. The van der Waals surface area contributed by atoms with Crippen LogP contribution in [0.25, 0.3) is 0 Å². The molecule has 0 radical (unpaired) electrons. The molecule has 1 heterocycles. The van der Waals surface area contributed by atoms with Gasteiger partial charge in [-0.1, -0.05) is 37.3 Å². The Labute approximate surface area is 142 Å². The van der Waals surface area contributed by atoms with Crippen molar-refractivity contribution < 1.29 is 9.59 Å². The van der Waals surface area contributed by atoms with Gasteiger partial charge in [0, 0.05) is 29.7 Å². The van der Waals surface area contributed by atoms with E-state index < -0.39 is 0 Å². The van der Waals surface area contributed by atoms with E-state index in [0.29, 0.717) is 18.0 Å². The molecule has 0 spiro atoms. The molecule has 1 aliphatic heterocycles. The van der Waals surface area contributed by atoms with Crippen LogP contribution in [0.1, 0.15) is 44.9 Å². The number of anilines is 1. The average Bonchev–Trinajstić information content (AvgIpc) is 2.76. The summed E-state index contributed by atoms with van der Waals surface area (Å²) in [4.78, 5) is 26.4. The van der Waals surface area contributed by atoms with Crippen molar-refractivity contribution in [2.24, 2.45) is 5.92 Å². The van der Waals surface area contributed by atoms with E-state index in [4.69, 9.17) is 11.6 Å². The van der Waals surface area contributed by atoms with Crippen LogP contribution < -0.4 is 10.2 Å². The molecule has 1 N–H and O–H groups in total. The Morgan fingerprint density at radius 1 is 1.09 bits per heavy atom. The number of halogens is 1. The number of nitrogens with one attached hydrogen (secondary N) is 1. The van der Waals surface area contributed by atoms with Gasteiger partial charge >= 0.3 is 0 Å². The van der Waals surface area contributed by atoms with E-state index in [2.05, 4.69) is 5.32 Å². The summed E-state index contributed by atoms with van der Waals surface area (Å²) in [6, 6.07) is 7.47. The first kappa shape index (κ1) is 16.3. The average molecular weight is 335 g/mol. The highest BCUT2D eigenvalue weighted by Crippen LogP contribution is 2.27. The summed E-state index contributed by atoms with van der Waals surface area (Å²) >= 11 is 5.89. The van der Waals surface area contributed by atoms with Crippen LogP contribution in [0, 0.1) is 5.92 Å². The van der Waals surface area contributed by atoms with Crippen LogP contribution in [0.15, 0.2) is 24.3 Å². The number of hydrogen-bond acceptors (Lipinski definition) is 2. The van der Waals surface area contributed by atoms with Crippen LogP contribution in [0.5, 0.6) is 0 Å². The van der Waals surface area contributed by atoms with Gasteiger partial charge < -0.3 is 10.2 Å². The molecular weight excluding hydrogens is 312 g/mol. The first-order chi connectivity index (χ1) is 11.1. The van der Waals surface area contributed by atoms with E-state index in [9.17, 15) is 9.59 Å². The Morgan fingerprint density at radius 3 is 2.39 bits per heavy atom. The van der Waals surface area contributed by atoms with Crippen LogP contribution in [0.4, 0.5) is 5.69 Å². The summed E-state index contributed by atoms with van der Waals surface area (Å²) in [6.45, 7) is 0.457. The van der Waals surface area contributed by atoms with E-state index in [1.807, 2.05) is 12.1 Å². The van der Waals surface area contributed by atoms with Gasteiger partial charge in [0.05, 0.1) is 5.92 Å². The number of carbonyl (C=O) groups is 2. The number of carbonyl (C=O) groups excluding carboxylic acids is 2. The van der Waals surface area contributed by atoms with Gasteiger partial charge in [-0.3, -0.25) is 9.59 Å². The third-order valence-electron chi connectivity index (χ3n) is 4.84. The molecule has 4 nitrogen and oxygen atoms in total. The molecule has 1 aromatic rings. The zero-order valence-electron chi connectivity index (χ0n) is 13.3. The summed E-state index contributed by atoms with van der Waals surface area (Å²) < 4.78 is 0. The lowest BCUT2D eigenvalue weighted by molar-refractivity contribution is -0.127. The fourth-order valence-corrected chi connectivity index (χ4v) is 3.62. The minimum Gasteiger partial charge on any atom is -0.353 e. The molecule has 0 unspecified atom stereocenters. The molecule has 23 heavy (non-hydrogen) atoms. The topological polar surface area (TPSA) is 49.4 Å². The van der Waals surface area contributed by atoms with E-state index in [-0.39, 0.29) is 23.8 Å². The van der Waals surface area contributed by atoms with Crippen molar-refractivity contribution in [1.82, 2.24) is 5.32 Å². The summed E-state index contributed by atoms with van der Waals surface area (Å²) in [7, 11) is 0. The zero-order valence-corrected chi connectivity index (χ0v) is 14.0. The van der Waals surface area contributed by atoms with E-state index in [1.54, 1.807) is 17.0 Å². The van der Waals surface area contributed by atoms with Crippen molar-refractivity contribution in [3.8, 4) is 0 Å². The van der Waals surface area contributed by atoms with E-state index >= 15 is 0 Å². The Morgan fingerprint density at radius 2 is 1.74 bits per heavy atom. The van der Waals surface area contributed by atoms with Crippen molar-refractivity contribution in [2.45, 2.75) is 51.0 Å². The predicted octanol–water partition coefficient (Wildman–Crippen LogP) is 3.53. The lowest BCUT2D eigenvalue weighted by Crippen LogP contribution is -2.39. The van der Waals surface area contributed by atoms with Crippen molar-refractivity contribution in [3.63, 3.8) is 0 Å². The van der Waals surface area contributed by atoms with Crippen molar-refractivity contribution >= 4 is 29.1 Å². The molecule has 1 saturated carbocycles. The van der Waals surface area contributed by atoms with Gasteiger partial charge in [-0.05, 0) is 37.1 Å². The monoisotopic (exact) mass is 334 g/mol. The summed E-state index contributed by atoms with van der Waals surface area (Å²) in [5.41, 5.74) is 0.809. The third-order valence-corrected chi connectivity index (χ3v) is 5.09. The van der Waals surface area contributed by atoms with Crippen molar-refractivity contribution in [1.29, 1.82) is 0 Å². The maximum atomic E-state index is 12.5. The second-order valence-corrected chi connectivity index (χ2v) is 7.02. The second-order valence-electron chi connectivity index (χ2n) is 6.58. The molecule has 1 aromatic carbocycles. The molecule has 1 atom stereocenters. The number of benzene rings is 1. The highest BCUT2D eigenvalue weighted by Gasteiger charge is 2.35. The van der Waals surface area contributed by atoms with Gasteiger partial charge in [0.1, 0.15) is 0 Å². The zero-order chi connectivity index (χ0) is 16.2. The third kappa shape index (κ3) is 4.05. The molecule has 1 aliphatic carbocycles. The number of rotatable bonds is 3. The minimum atomic E-state index is -0.249. The molecule has 1 saturated heterocycles. The van der Waals surface area contributed by atoms with Crippen LogP contribution in [-0.2, 0) is 9.59 Å². The largest absolute Gasteiger partial charge is 0.353 e. The summed E-state index contributed by atoms with van der Waals surface area (Å²) in [6.07, 6.45) is 7.32. The predicted molar refractivity (Wildman–Crippen MR) is 91.5 cm³/mol. The normalized spacial score (nSPS) is 22.9. The number of hydrogen-bond donors (Lipinski definition) is 1. The fourth-order valence-electron chi connectivity index (χ4n) is 3.50. The molecule has 5 heteroatoms. The van der Waals surface area contributed by atoms with E-state index in [0.717, 1.165) is 18.5 Å². The number of nitrogens with zero attached hydrogens (tertiary/aromatic N) is 1. The maximum Gasteiger partial charge on any atom is 0.227 e. The summed E-state index contributed by atoms with van der Waals surface area (Å²) in [5, 5.41) is 3.81. The van der Waals surface area contributed by atoms with Crippen molar-refractivity contribution in [2.75, 3.05) is 11.4 Å². The van der Waals surface area contributed by atoms with Crippen LogP contribution in [-0.4, -0.2) is 24.4 Å². The maximum absolute atomic E-state index is 12.5. The minimum absolute atomic E-state index is 0.00772. The van der Waals surface area contributed by atoms with Gasteiger partial charge in [-0.15, -0.1) is 0 Å². The number of amides is 2.